The van der Waals surface area contributed by atoms with Crippen molar-refractivity contribution in [1.82, 2.24) is 0 Å². The van der Waals surface area contributed by atoms with E-state index in [2.05, 4.69) is 6.58 Å². The van der Waals surface area contributed by atoms with Crippen molar-refractivity contribution >= 4 is 31.4 Å². The number of aryl methyl sites for hydroxylation is 2. The highest BCUT2D eigenvalue weighted by molar-refractivity contribution is 7.93. The molecule has 4 rings (SSSR count). The van der Waals surface area contributed by atoms with Crippen LogP contribution < -0.4 is 8.61 Å². The molecule has 0 fully saturated rings. The van der Waals surface area contributed by atoms with Gasteiger partial charge >= 0.3 is 0 Å². The summed E-state index contributed by atoms with van der Waals surface area (Å²) in [6.45, 7) is 9.85. The molecular formula is C28H30N2O4S2. The lowest BCUT2D eigenvalue weighted by Gasteiger charge is -2.31. The van der Waals surface area contributed by atoms with E-state index >= 15 is 0 Å². The van der Waals surface area contributed by atoms with Crippen LogP contribution in [-0.2, 0) is 20.0 Å². The molecule has 0 unspecified atom stereocenters. The predicted octanol–water partition coefficient (Wildman–Crippen LogP) is 5.60. The second-order valence-corrected chi connectivity index (χ2v) is 12.7. The van der Waals surface area contributed by atoms with E-state index in [0.29, 0.717) is 17.8 Å². The lowest BCUT2D eigenvalue weighted by Crippen LogP contribution is -2.36. The Labute approximate surface area is 214 Å². The van der Waals surface area contributed by atoms with Crippen molar-refractivity contribution in [2.24, 2.45) is 0 Å². The van der Waals surface area contributed by atoms with E-state index in [0.717, 1.165) is 22.3 Å². The average molecular weight is 523 g/mol. The molecule has 0 atom stereocenters. The normalized spacial score (nSPS) is 16.2. The Morgan fingerprint density at radius 1 is 0.722 bits per heavy atom. The molecule has 0 aromatic heterocycles. The van der Waals surface area contributed by atoms with E-state index < -0.39 is 20.0 Å². The van der Waals surface area contributed by atoms with Crippen LogP contribution in [0.15, 0.2) is 106 Å². The number of anilines is 2. The monoisotopic (exact) mass is 522 g/mol. The van der Waals surface area contributed by atoms with Crippen LogP contribution in [0.1, 0.15) is 24.5 Å². The molecule has 0 amide bonds. The third-order valence-electron chi connectivity index (χ3n) is 6.22. The minimum absolute atomic E-state index is 0.0426. The maximum atomic E-state index is 14.0. The van der Waals surface area contributed by atoms with Gasteiger partial charge < -0.3 is 0 Å². The first-order valence-corrected chi connectivity index (χ1v) is 14.5. The fraction of sp³-hybridized carbons (Fsp3) is 0.214. The maximum Gasteiger partial charge on any atom is 0.264 e. The van der Waals surface area contributed by atoms with Crippen molar-refractivity contribution in [2.75, 3.05) is 21.7 Å². The van der Waals surface area contributed by atoms with E-state index in [1.165, 1.54) is 8.61 Å². The van der Waals surface area contributed by atoms with Gasteiger partial charge in [-0.05, 0) is 69.2 Å². The molecule has 8 heteroatoms. The first-order chi connectivity index (χ1) is 17.0. The van der Waals surface area contributed by atoms with Crippen molar-refractivity contribution in [3.63, 3.8) is 0 Å². The minimum atomic E-state index is -4.02. The van der Waals surface area contributed by atoms with Gasteiger partial charge in [-0.1, -0.05) is 65.8 Å². The summed E-state index contributed by atoms with van der Waals surface area (Å²) < 4.78 is 58.2. The van der Waals surface area contributed by atoms with Crippen LogP contribution in [0.4, 0.5) is 11.4 Å². The average Bonchev–Trinajstić information content (AvgIpc) is 2.92. The lowest BCUT2D eigenvalue weighted by atomic mass is 10.1. The fourth-order valence-corrected chi connectivity index (χ4v) is 7.07. The molecule has 6 nitrogen and oxygen atoms in total. The number of nitrogens with zero attached hydrogens (tertiary/aromatic N) is 2. The smallest absolute Gasteiger partial charge is 0.264 e. The van der Waals surface area contributed by atoms with Gasteiger partial charge in [0, 0.05) is 6.54 Å². The molecular weight excluding hydrogens is 492 g/mol. The fourth-order valence-electron chi connectivity index (χ4n) is 4.12. The molecule has 36 heavy (non-hydrogen) atoms. The van der Waals surface area contributed by atoms with Gasteiger partial charge in [0.15, 0.2) is 0 Å². The van der Waals surface area contributed by atoms with Crippen LogP contribution in [0.2, 0.25) is 0 Å². The number of fused-ring (bicyclic) bond motifs is 1. The summed E-state index contributed by atoms with van der Waals surface area (Å²) >= 11 is 0. The van der Waals surface area contributed by atoms with Crippen molar-refractivity contribution in [3.05, 3.63) is 108 Å². The molecule has 0 saturated carbocycles. The number of hydrogen-bond acceptors (Lipinski definition) is 4. The highest BCUT2D eigenvalue weighted by atomic mass is 32.2. The third kappa shape index (κ3) is 4.96. The molecule has 3 aromatic carbocycles. The number of benzene rings is 3. The van der Waals surface area contributed by atoms with Crippen molar-refractivity contribution in [1.29, 1.82) is 0 Å². The van der Waals surface area contributed by atoms with Gasteiger partial charge in [-0.15, -0.1) is 0 Å². The summed E-state index contributed by atoms with van der Waals surface area (Å²) in [6, 6.07) is 20.1. The SMILES string of the molecule is C=C(C)/C1=C/CCN(S(=O)(=O)c2ccc(C)cc2)c2ccccc2N(S(=O)(=O)c2ccc(C)cc2)C1. The molecule has 1 heterocycles. The Kier molecular flexibility index (Phi) is 7.11. The Morgan fingerprint density at radius 2 is 1.17 bits per heavy atom. The molecule has 0 radical (unpaired) electrons. The predicted molar refractivity (Wildman–Crippen MR) is 145 cm³/mol. The van der Waals surface area contributed by atoms with Gasteiger partial charge in [-0.2, -0.15) is 0 Å². The van der Waals surface area contributed by atoms with Gasteiger partial charge in [0.25, 0.3) is 20.0 Å². The van der Waals surface area contributed by atoms with E-state index in [-0.39, 0.29) is 22.9 Å². The van der Waals surface area contributed by atoms with Gasteiger partial charge in [-0.3, -0.25) is 8.61 Å². The maximum absolute atomic E-state index is 14.0. The van der Waals surface area contributed by atoms with Gasteiger partial charge in [0.05, 0.1) is 27.7 Å². The molecule has 188 valence electrons. The molecule has 0 spiro atoms. The number of para-hydroxylation sites is 2. The number of rotatable bonds is 5. The Bertz CT molecular complexity index is 1520. The minimum Gasteiger partial charge on any atom is -0.264 e. The zero-order valence-corrected chi connectivity index (χ0v) is 22.3. The van der Waals surface area contributed by atoms with Crippen molar-refractivity contribution < 1.29 is 16.8 Å². The molecule has 1 aliphatic rings. The van der Waals surface area contributed by atoms with E-state index in [1.807, 2.05) is 26.8 Å². The molecule has 0 N–H and O–H groups in total. The van der Waals surface area contributed by atoms with Crippen molar-refractivity contribution in [3.8, 4) is 0 Å². The molecule has 3 aromatic rings. The van der Waals surface area contributed by atoms with E-state index in [9.17, 15) is 16.8 Å². The van der Waals surface area contributed by atoms with Crippen LogP contribution >= 0.6 is 0 Å². The number of sulfonamides is 2. The van der Waals surface area contributed by atoms with E-state index in [4.69, 9.17) is 0 Å². The second-order valence-electron chi connectivity index (χ2n) is 9.00. The Morgan fingerprint density at radius 3 is 1.64 bits per heavy atom. The third-order valence-corrected chi connectivity index (χ3v) is 9.82. The zero-order chi connectivity index (χ0) is 26.1. The quantitative estimate of drug-likeness (QED) is 0.437. The molecule has 0 saturated heterocycles. The Balaban J connectivity index is 1.94. The summed E-state index contributed by atoms with van der Waals surface area (Å²) in [4.78, 5) is 0.287. The topological polar surface area (TPSA) is 74.8 Å². The van der Waals surface area contributed by atoms with Crippen LogP contribution in [0.25, 0.3) is 0 Å². The molecule has 0 aliphatic carbocycles. The lowest BCUT2D eigenvalue weighted by molar-refractivity contribution is 0.588. The van der Waals surface area contributed by atoms with Crippen LogP contribution in [-0.4, -0.2) is 29.9 Å². The first-order valence-electron chi connectivity index (χ1n) is 11.6. The summed E-state index contributed by atoms with van der Waals surface area (Å²) in [7, 11) is -7.99. The zero-order valence-electron chi connectivity index (χ0n) is 20.7. The standard InChI is InChI=1S/C28H30N2O4S2/c1-21(2)24-8-7-19-29(35(31,32)25-15-11-22(3)12-16-25)27-9-5-6-10-28(27)30(20-24)36(33,34)26-17-13-23(4)14-18-26/h5-6,8-18H,1,7,19-20H2,2-4H3/b24-8+. The first kappa shape index (κ1) is 25.7. The molecule has 0 bridgehead atoms. The second kappa shape index (κ2) is 9.95. The van der Waals surface area contributed by atoms with Gasteiger partial charge in [0.1, 0.15) is 0 Å². The summed E-state index contributed by atoms with van der Waals surface area (Å²) in [5.74, 6) is 0. The van der Waals surface area contributed by atoms with Crippen LogP contribution in [0, 0.1) is 13.8 Å². The summed E-state index contributed by atoms with van der Waals surface area (Å²) in [5, 5.41) is 0. The van der Waals surface area contributed by atoms with Crippen molar-refractivity contribution in [2.45, 2.75) is 37.0 Å². The van der Waals surface area contributed by atoms with E-state index in [1.54, 1.807) is 72.8 Å². The largest absolute Gasteiger partial charge is 0.264 e. The van der Waals surface area contributed by atoms with Gasteiger partial charge in [-0.25, -0.2) is 16.8 Å². The van der Waals surface area contributed by atoms with Crippen LogP contribution in [0.5, 0.6) is 0 Å². The van der Waals surface area contributed by atoms with Crippen LogP contribution in [0.3, 0.4) is 0 Å². The number of hydrogen-bond donors (Lipinski definition) is 0. The summed E-state index contributed by atoms with van der Waals surface area (Å²) in [5.41, 5.74) is 3.97. The Hall–Kier alpha value is -3.36. The highest BCUT2D eigenvalue weighted by Crippen LogP contribution is 2.38. The summed E-state index contributed by atoms with van der Waals surface area (Å²) in [6.07, 6.45) is 2.28. The highest BCUT2D eigenvalue weighted by Gasteiger charge is 2.33. The molecule has 1 aliphatic heterocycles. The van der Waals surface area contributed by atoms with Gasteiger partial charge in [0.2, 0.25) is 0 Å².